The number of amides is 1. The quantitative estimate of drug-likeness (QED) is 0.120. The Morgan fingerprint density at radius 3 is 1.60 bits per heavy atom. The molecule has 6 aromatic rings. The first-order valence-corrected chi connectivity index (χ1v) is 21.2. The number of anilines is 2. The fraction of sp³-hybridized carbons (Fsp3) is 0.364. The van der Waals surface area contributed by atoms with E-state index in [1.165, 1.54) is 6.08 Å². The molecular formula is C44H50N12O9. The zero-order valence-electron chi connectivity index (χ0n) is 35.5. The van der Waals surface area contributed by atoms with Crippen molar-refractivity contribution in [3.8, 4) is 22.5 Å². The van der Waals surface area contributed by atoms with Gasteiger partial charge in [-0.15, -0.1) is 0 Å². The van der Waals surface area contributed by atoms with Gasteiger partial charge >= 0.3 is 5.97 Å². The highest BCUT2D eigenvalue weighted by Crippen LogP contribution is 2.36. The van der Waals surface area contributed by atoms with E-state index in [0.717, 1.165) is 67.1 Å². The Kier molecular flexibility index (Phi) is 13.6. The second-order valence-electron chi connectivity index (χ2n) is 15.6. The van der Waals surface area contributed by atoms with E-state index in [2.05, 4.69) is 38.9 Å². The SMILES string of the molecule is C=CC(=O)N1CCC[C@@H](n2nc(-c3ccc(C4OCCO4)cc3)c3c(N)n[nH]c(=O)c32)C1.C=CC(=O)O.Nc1n[nH]c(=O)c2c1c(-c1ccc(C3OCCO3)cc1)nn2[C@@H]1CCCNC1. The van der Waals surface area contributed by atoms with Crippen molar-refractivity contribution < 1.29 is 33.6 Å². The summed E-state index contributed by atoms with van der Waals surface area (Å²) < 4.78 is 25.7. The predicted molar refractivity (Wildman–Crippen MR) is 239 cm³/mol. The standard InChI is InChI=1S/C22H24N6O4.C19H22N6O3.C3H4O2/c1-2-16(29)27-9-3-4-15(12-27)28-19-17(20(23)24-25-21(19)30)18(26-28)13-5-7-14(8-6-13)22-31-10-11-32-22;20-17-14-15(11-3-5-12(6-4-11)19-27-8-9-28-19)24-25(13-2-1-7-21-10-13)16(14)18(26)23-22-17;1-2-3(4)5/h2,5-8,15,22H,1,3-4,9-12H2,(H2,23,24)(H,25,30);3-6,13,19,21H,1-2,7-10H2,(H2,20,22)(H,23,26);2H,1H2,(H,4,5)/t15-;13-;/m11./s1. The average Bonchev–Trinajstić information content (AvgIpc) is 4.20. The van der Waals surface area contributed by atoms with Crippen LogP contribution in [-0.4, -0.2) is 114 Å². The summed E-state index contributed by atoms with van der Waals surface area (Å²) in [6.07, 6.45) is 5.03. The average molecular weight is 891 g/mol. The van der Waals surface area contributed by atoms with E-state index < -0.39 is 5.97 Å². The Balaban J connectivity index is 0.000000162. The topological polar surface area (TPSA) is 286 Å². The summed E-state index contributed by atoms with van der Waals surface area (Å²) in [5, 5.41) is 34.5. The van der Waals surface area contributed by atoms with Gasteiger partial charge in [0, 0.05) is 48.0 Å². The van der Waals surface area contributed by atoms with Crippen LogP contribution in [0.4, 0.5) is 11.6 Å². The monoisotopic (exact) mass is 890 g/mol. The lowest BCUT2D eigenvalue weighted by Gasteiger charge is -2.32. The van der Waals surface area contributed by atoms with Gasteiger partial charge in [0.1, 0.15) is 22.4 Å². The molecule has 2 aromatic carbocycles. The molecule has 4 aromatic heterocycles. The molecule has 0 saturated carbocycles. The Morgan fingerprint density at radius 2 is 1.17 bits per heavy atom. The second-order valence-corrected chi connectivity index (χ2v) is 15.6. The zero-order chi connectivity index (χ0) is 45.6. The van der Waals surface area contributed by atoms with Gasteiger partial charge in [-0.05, 0) is 38.3 Å². The molecule has 0 unspecified atom stereocenters. The lowest BCUT2D eigenvalue weighted by Crippen LogP contribution is -2.40. The van der Waals surface area contributed by atoms with Crippen molar-refractivity contribution in [2.75, 3.05) is 64.1 Å². The van der Waals surface area contributed by atoms with E-state index in [1.54, 1.807) is 9.58 Å². The first-order chi connectivity index (χ1) is 31.6. The van der Waals surface area contributed by atoms with Crippen molar-refractivity contribution in [1.82, 2.24) is 50.2 Å². The number of carboxylic acid groups (broad SMARTS) is 1. The van der Waals surface area contributed by atoms with E-state index in [4.69, 9.17) is 45.7 Å². The number of ether oxygens (including phenoxy) is 4. The fourth-order valence-electron chi connectivity index (χ4n) is 8.39. The molecular weight excluding hydrogens is 841 g/mol. The summed E-state index contributed by atoms with van der Waals surface area (Å²) in [5.41, 5.74) is 17.3. The van der Waals surface area contributed by atoms with Gasteiger partial charge in [-0.25, -0.2) is 15.0 Å². The molecule has 0 aliphatic carbocycles. The minimum absolute atomic E-state index is 0.104. The number of nitrogens with zero attached hydrogens (tertiary/aromatic N) is 7. The number of nitrogen functional groups attached to an aromatic ring is 2. The number of aliphatic carboxylic acids is 1. The molecule has 1 amide bonds. The van der Waals surface area contributed by atoms with E-state index in [1.807, 2.05) is 53.2 Å². The Labute approximate surface area is 371 Å². The number of piperidine rings is 2. The van der Waals surface area contributed by atoms with Crippen molar-refractivity contribution in [3.05, 3.63) is 106 Å². The number of likely N-dealkylation sites (tertiary alicyclic amines) is 1. The number of rotatable bonds is 8. The number of aromatic amines is 2. The third-order valence-electron chi connectivity index (χ3n) is 11.5. The predicted octanol–water partition coefficient (Wildman–Crippen LogP) is 3.36. The van der Waals surface area contributed by atoms with Crippen molar-refractivity contribution >= 4 is 45.3 Å². The summed E-state index contributed by atoms with van der Waals surface area (Å²) in [7, 11) is 0. The molecule has 4 aliphatic heterocycles. The number of nitrogens with two attached hydrogens (primary N) is 2. The highest BCUT2D eigenvalue weighted by molar-refractivity contribution is 6.00. The van der Waals surface area contributed by atoms with Gasteiger partial charge in [-0.3, -0.25) is 23.7 Å². The molecule has 4 fully saturated rings. The molecule has 0 spiro atoms. The fourth-order valence-corrected chi connectivity index (χ4v) is 8.39. The molecule has 65 heavy (non-hydrogen) atoms. The first kappa shape index (κ1) is 44.6. The van der Waals surface area contributed by atoms with Crippen LogP contribution in [0.15, 0.2) is 83.4 Å². The number of aromatic nitrogens is 8. The van der Waals surface area contributed by atoms with Gasteiger partial charge in [-0.1, -0.05) is 61.7 Å². The lowest BCUT2D eigenvalue weighted by molar-refractivity contribution is -0.131. The summed E-state index contributed by atoms with van der Waals surface area (Å²) in [4.78, 5) is 48.5. The Morgan fingerprint density at radius 1 is 0.708 bits per heavy atom. The minimum Gasteiger partial charge on any atom is -0.478 e. The third-order valence-corrected chi connectivity index (χ3v) is 11.5. The highest BCUT2D eigenvalue weighted by Gasteiger charge is 2.30. The lowest BCUT2D eigenvalue weighted by atomic mass is 10.1. The Hall–Kier alpha value is -7.04. The molecule has 8 heterocycles. The molecule has 4 saturated heterocycles. The van der Waals surface area contributed by atoms with Crippen molar-refractivity contribution in [1.29, 1.82) is 0 Å². The van der Waals surface area contributed by atoms with Gasteiger partial charge in [0.15, 0.2) is 24.2 Å². The van der Waals surface area contributed by atoms with E-state index in [0.29, 0.717) is 72.7 Å². The first-order valence-electron chi connectivity index (χ1n) is 21.2. The van der Waals surface area contributed by atoms with Crippen LogP contribution >= 0.6 is 0 Å². The third kappa shape index (κ3) is 9.45. The van der Waals surface area contributed by atoms with Crippen LogP contribution in [0.5, 0.6) is 0 Å². The van der Waals surface area contributed by atoms with Crippen LogP contribution < -0.4 is 27.9 Å². The molecule has 21 heteroatoms. The highest BCUT2D eigenvalue weighted by atomic mass is 16.7. The van der Waals surface area contributed by atoms with Gasteiger partial charge in [0.2, 0.25) is 5.91 Å². The molecule has 10 rings (SSSR count). The maximum atomic E-state index is 12.8. The largest absolute Gasteiger partial charge is 0.478 e. The summed E-state index contributed by atoms with van der Waals surface area (Å²) in [6, 6.07) is 15.4. The number of carboxylic acids is 1. The normalized spacial score (nSPS) is 19.0. The van der Waals surface area contributed by atoms with E-state index in [9.17, 15) is 19.2 Å². The Bertz CT molecular complexity index is 2800. The smallest absolute Gasteiger partial charge is 0.327 e. The van der Waals surface area contributed by atoms with Crippen LogP contribution in [0, 0.1) is 0 Å². The zero-order valence-corrected chi connectivity index (χ0v) is 35.5. The van der Waals surface area contributed by atoms with Crippen molar-refractivity contribution in [2.45, 2.75) is 50.3 Å². The number of carbonyl (C=O) groups excluding carboxylic acids is 1. The van der Waals surface area contributed by atoms with Gasteiger partial charge in [-0.2, -0.15) is 20.4 Å². The molecule has 0 bridgehead atoms. The summed E-state index contributed by atoms with van der Waals surface area (Å²) >= 11 is 0. The number of benzene rings is 2. The molecule has 21 nitrogen and oxygen atoms in total. The van der Waals surface area contributed by atoms with Crippen LogP contribution in [-0.2, 0) is 28.5 Å². The molecule has 340 valence electrons. The summed E-state index contributed by atoms with van der Waals surface area (Å²) in [5.74, 6) is -0.646. The van der Waals surface area contributed by atoms with Gasteiger partial charge < -0.3 is 45.7 Å². The van der Waals surface area contributed by atoms with Crippen LogP contribution in [0.1, 0.15) is 61.5 Å². The number of carbonyl (C=O) groups is 2. The van der Waals surface area contributed by atoms with Crippen molar-refractivity contribution in [2.24, 2.45) is 0 Å². The number of nitrogens with one attached hydrogen (secondary N) is 3. The molecule has 0 radical (unpaired) electrons. The number of H-pyrrole nitrogens is 2. The van der Waals surface area contributed by atoms with Crippen LogP contribution in [0.25, 0.3) is 44.3 Å². The number of fused-ring (bicyclic) bond motifs is 2. The number of hydrogen-bond donors (Lipinski definition) is 6. The molecule has 4 aliphatic rings. The minimum atomic E-state index is -0.981. The van der Waals surface area contributed by atoms with Crippen LogP contribution in [0.2, 0.25) is 0 Å². The maximum Gasteiger partial charge on any atom is 0.327 e. The number of hydrogen-bond acceptors (Lipinski definition) is 15. The van der Waals surface area contributed by atoms with Gasteiger partial charge in [0.05, 0.1) is 49.3 Å². The van der Waals surface area contributed by atoms with E-state index in [-0.39, 0.29) is 53.3 Å². The molecule has 8 N–H and O–H groups in total. The second kappa shape index (κ2) is 19.8. The van der Waals surface area contributed by atoms with Crippen LogP contribution in [0.3, 0.4) is 0 Å². The maximum absolute atomic E-state index is 12.8. The molecule has 2 atom stereocenters. The van der Waals surface area contributed by atoms with Crippen molar-refractivity contribution in [3.63, 3.8) is 0 Å². The van der Waals surface area contributed by atoms with E-state index >= 15 is 0 Å². The summed E-state index contributed by atoms with van der Waals surface area (Å²) in [6.45, 7) is 11.7. The van der Waals surface area contributed by atoms with Gasteiger partial charge in [0.25, 0.3) is 11.1 Å².